The molecule has 1 aliphatic heterocycles. The van der Waals surface area contributed by atoms with Gasteiger partial charge in [0.1, 0.15) is 24.4 Å². The molecule has 6 N–H and O–H groups in total. The number of ether oxygens (including phenoxy) is 3. The molecule has 1 heterocycles. The van der Waals surface area contributed by atoms with Crippen LogP contribution in [0.3, 0.4) is 0 Å². The van der Waals surface area contributed by atoms with Crippen molar-refractivity contribution < 1.29 is 49.3 Å². The van der Waals surface area contributed by atoms with Crippen LogP contribution < -0.4 is 5.32 Å². The number of allylic oxidation sites excluding steroid dienone is 24. The highest BCUT2D eigenvalue weighted by Gasteiger charge is 2.47. The number of unbranched alkanes of at least 4 members (excludes halogenated alkanes) is 15. The largest absolute Gasteiger partial charge is 0.454 e. The van der Waals surface area contributed by atoms with E-state index < -0.39 is 67.4 Å². The number of amides is 1. The predicted octanol–water partition coefficient (Wildman–Crippen LogP) is 15.9. The van der Waals surface area contributed by atoms with Crippen LogP contribution in [0.25, 0.3) is 0 Å². The molecule has 11 nitrogen and oxygen atoms in total. The fourth-order valence-corrected chi connectivity index (χ4v) is 8.90. The second kappa shape index (κ2) is 57.7. The zero-order chi connectivity index (χ0) is 60.3. The van der Waals surface area contributed by atoms with E-state index in [9.17, 15) is 35.1 Å². The van der Waals surface area contributed by atoms with Crippen LogP contribution in [0.15, 0.2) is 158 Å². The maximum Gasteiger partial charge on any atom is 0.306 e. The summed E-state index contributed by atoms with van der Waals surface area (Å²) in [5.41, 5.74) is 0. The minimum atomic E-state index is -1.64. The van der Waals surface area contributed by atoms with Gasteiger partial charge in [0.2, 0.25) is 5.91 Å². The summed E-state index contributed by atoms with van der Waals surface area (Å²) in [7, 11) is 0. The summed E-state index contributed by atoms with van der Waals surface area (Å²) in [6.07, 6.45) is 74.4. The van der Waals surface area contributed by atoms with E-state index in [1.54, 1.807) is 12.2 Å². The third-order valence-corrected chi connectivity index (χ3v) is 13.9. The van der Waals surface area contributed by atoms with Gasteiger partial charge in [0.25, 0.3) is 0 Å². The maximum atomic E-state index is 13.4. The van der Waals surface area contributed by atoms with Gasteiger partial charge in [-0.15, -0.1) is 0 Å². The molecule has 0 aromatic carbocycles. The number of esters is 1. The summed E-state index contributed by atoms with van der Waals surface area (Å²) in [5, 5.41) is 56.9. The van der Waals surface area contributed by atoms with Crippen LogP contribution in [0.2, 0.25) is 0 Å². The van der Waals surface area contributed by atoms with Gasteiger partial charge in [0, 0.05) is 12.8 Å². The van der Waals surface area contributed by atoms with Gasteiger partial charge >= 0.3 is 5.97 Å². The van der Waals surface area contributed by atoms with Gasteiger partial charge in [-0.05, 0) is 109 Å². The number of hydrogen-bond acceptors (Lipinski definition) is 10. The van der Waals surface area contributed by atoms with E-state index in [1.165, 1.54) is 38.5 Å². The maximum absolute atomic E-state index is 13.4. The van der Waals surface area contributed by atoms with Crippen molar-refractivity contribution in [2.75, 3.05) is 13.2 Å². The topological polar surface area (TPSA) is 175 Å². The minimum absolute atomic E-state index is 0.0474. The lowest BCUT2D eigenvalue weighted by Crippen LogP contribution is -2.61. The quantitative estimate of drug-likeness (QED) is 0.0195. The fraction of sp³-hybridized carbons (Fsp3) is 0.611. The van der Waals surface area contributed by atoms with Gasteiger partial charge < -0.3 is 45.1 Å². The Labute approximate surface area is 504 Å². The average Bonchev–Trinajstić information content (AvgIpc) is 3.67. The van der Waals surface area contributed by atoms with Crippen LogP contribution >= 0.6 is 0 Å². The molecule has 8 atom stereocenters. The Morgan fingerprint density at radius 2 is 0.867 bits per heavy atom. The summed E-state index contributed by atoms with van der Waals surface area (Å²) in [6.45, 7) is 5.48. The van der Waals surface area contributed by atoms with Gasteiger partial charge in [0.15, 0.2) is 12.4 Å². The normalized spacial score (nSPS) is 19.6. The van der Waals surface area contributed by atoms with Crippen LogP contribution in [-0.4, -0.2) is 99.6 Å². The molecule has 1 saturated heterocycles. The van der Waals surface area contributed by atoms with Gasteiger partial charge in [-0.1, -0.05) is 256 Å². The predicted molar refractivity (Wildman–Crippen MR) is 347 cm³/mol. The summed E-state index contributed by atoms with van der Waals surface area (Å²) in [6, 6.07) is -1.08. The number of hydrogen-bond donors (Lipinski definition) is 6. The van der Waals surface area contributed by atoms with Gasteiger partial charge in [-0.3, -0.25) is 9.59 Å². The molecule has 1 rings (SSSR count). The van der Waals surface area contributed by atoms with Crippen molar-refractivity contribution in [3.63, 3.8) is 0 Å². The van der Waals surface area contributed by atoms with Crippen LogP contribution in [0.1, 0.15) is 220 Å². The highest BCUT2D eigenvalue weighted by molar-refractivity contribution is 5.81. The molecule has 1 aliphatic rings. The number of aliphatic hydroxyl groups is 5. The Hall–Kier alpha value is -4.72. The van der Waals surface area contributed by atoms with Crippen molar-refractivity contribution in [3.05, 3.63) is 158 Å². The third-order valence-electron chi connectivity index (χ3n) is 13.9. The van der Waals surface area contributed by atoms with Crippen molar-refractivity contribution in [1.82, 2.24) is 5.32 Å². The Bertz CT molecular complexity index is 1950. The number of carbonyl (C=O) groups excluding carboxylic acids is 2. The van der Waals surface area contributed by atoms with Crippen molar-refractivity contribution >= 4 is 11.9 Å². The van der Waals surface area contributed by atoms with Crippen LogP contribution in [-0.2, 0) is 23.8 Å². The summed E-state index contributed by atoms with van der Waals surface area (Å²) in [5.74, 6) is -1.31. The number of aliphatic hydroxyl groups excluding tert-OH is 5. The average molecular weight is 1150 g/mol. The van der Waals surface area contributed by atoms with Crippen molar-refractivity contribution in [2.24, 2.45) is 0 Å². The van der Waals surface area contributed by atoms with E-state index in [4.69, 9.17) is 14.2 Å². The van der Waals surface area contributed by atoms with Crippen LogP contribution in [0, 0.1) is 0 Å². The van der Waals surface area contributed by atoms with Gasteiger partial charge in [-0.2, -0.15) is 0 Å². The molecule has 468 valence electrons. The molecule has 0 aromatic heterocycles. The second-order valence-corrected chi connectivity index (χ2v) is 21.4. The Morgan fingerprint density at radius 1 is 0.482 bits per heavy atom. The first-order valence-electron chi connectivity index (χ1n) is 32.3. The van der Waals surface area contributed by atoms with Crippen molar-refractivity contribution in [2.45, 2.75) is 269 Å². The minimum Gasteiger partial charge on any atom is -0.454 e. The summed E-state index contributed by atoms with van der Waals surface area (Å²) >= 11 is 0. The SMILES string of the molecule is CC/C=C\C/C=C\C/C=C\C/C=C\C/C=C\C/C=C\CCCCCCCCC(=O)OC1C(OCC(NC(=O)C(O)C/C=C\C/C=C\C/C=C\C/C=C\C/C=C\C/C=C\CC)C(O)/C=C/CCCCCCCCCCC)OC(CO)C(O)C1O. The van der Waals surface area contributed by atoms with E-state index in [2.05, 4.69) is 154 Å². The molecule has 0 spiro atoms. The molecule has 83 heavy (non-hydrogen) atoms. The van der Waals surface area contributed by atoms with Gasteiger partial charge in [0.05, 0.1) is 25.4 Å². The van der Waals surface area contributed by atoms with Crippen molar-refractivity contribution in [3.8, 4) is 0 Å². The van der Waals surface area contributed by atoms with E-state index >= 15 is 0 Å². The summed E-state index contributed by atoms with van der Waals surface area (Å²) in [4.78, 5) is 26.5. The first kappa shape index (κ1) is 76.3. The van der Waals surface area contributed by atoms with Crippen molar-refractivity contribution in [1.29, 1.82) is 0 Å². The van der Waals surface area contributed by atoms with E-state index in [-0.39, 0.29) is 19.4 Å². The first-order valence-corrected chi connectivity index (χ1v) is 32.3. The highest BCUT2D eigenvalue weighted by atomic mass is 16.7. The molecule has 0 saturated carbocycles. The molecular formula is C72H115NO10. The van der Waals surface area contributed by atoms with Crippen LogP contribution in [0.5, 0.6) is 0 Å². The first-order chi connectivity index (χ1) is 40.7. The number of rotatable bonds is 52. The molecule has 1 amide bonds. The Kier molecular flexibility index (Phi) is 53.0. The smallest absolute Gasteiger partial charge is 0.306 e. The highest BCUT2D eigenvalue weighted by Crippen LogP contribution is 2.26. The van der Waals surface area contributed by atoms with Gasteiger partial charge in [-0.25, -0.2) is 0 Å². The molecule has 0 aromatic rings. The molecule has 8 unspecified atom stereocenters. The molecule has 11 heteroatoms. The number of carbonyl (C=O) groups is 2. The van der Waals surface area contributed by atoms with Crippen LogP contribution in [0.4, 0.5) is 0 Å². The number of nitrogens with one attached hydrogen (secondary N) is 1. The molecule has 0 aliphatic carbocycles. The molecule has 0 radical (unpaired) electrons. The monoisotopic (exact) mass is 1150 g/mol. The summed E-state index contributed by atoms with van der Waals surface area (Å²) < 4.78 is 17.6. The lowest BCUT2D eigenvalue weighted by molar-refractivity contribution is -0.305. The molecular weight excluding hydrogens is 1040 g/mol. The lowest BCUT2D eigenvalue weighted by atomic mass is 9.99. The third kappa shape index (κ3) is 45.3. The zero-order valence-electron chi connectivity index (χ0n) is 51.7. The Morgan fingerprint density at radius 3 is 1.30 bits per heavy atom. The standard InChI is InChI=1S/C72H115NO10/c1-4-7-10-13-16-19-22-24-26-28-30-31-32-33-34-35-36-38-40-42-45-48-51-54-57-60-67(77)83-70-69(79)68(78)66(61-74)82-72(70)81-62-63(64(75)58-55-52-49-46-43-21-18-15-12-9-6-3)73-71(80)65(76)59-56-53-50-47-44-41-39-37-29-27-25-23-20-17-14-11-8-5-2/h7-8,10-11,16-17,19-20,24-27,30-31,33-34,36-39,44,47,53,55-56,58,63-66,68-70,72,74-76,78-79H,4-6,9,12-15,18,21-23,28-29,32,35,40-43,45-46,48-52,54,57,59-62H2,1-3H3,(H,73,80)/b10-7-,11-8-,19-16-,20-17-,26-24-,27-25-,31-30-,34-33-,38-36-,39-37-,47-44-,56-53-,58-55+. The molecule has 0 bridgehead atoms. The van der Waals surface area contributed by atoms with E-state index in [0.29, 0.717) is 12.8 Å². The zero-order valence-corrected chi connectivity index (χ0v) is 51.7. The Balaban J connectivity index is 2.68. The van der Waals surface area contributed by atoms with E-state index in [1.807, 2.05) is 18.2 Å². The lowest BCUT2D eigenvalue weighted by Gasteiger charge is -2.41. The molecule has 1 fully saturated rings. The second-order valence-electron chi connectivity index (χ2n) is 21.4. The van der Waals surface area contributed by atoms with E-state index in [0.717, 1.165) is 135 Å². The fourth-order valence-electron chi connectivity index (χ4n) is 8.90.